The van der Waals surface area contributed by atoms with E-state index in [-0.39, 0.29) is 5.91 Å². The lowest BCUT2D eigenvalue weighted by Gasteiger charge is -2.37. The van der Waals surface area contributed by atoms with Crippen molar-refractivity contribution in [3.05, 3.63) is 0 Å². The van der Waals surface area contributed by atoms with Gasteiger partial charge in [0.25, 0.3) is 0 Å². The predicted molar refractivity (Wildman–Crippen MR) is 80.0 cm³/mol. The van der Waals surface area contributed by atoms with Crippen molar-refractivity contribution >= 4 is 5.91 Å². The second-order valence-corrected chi connectivity index (χ2v) is 6.91. The lowest BCUT2D eigenvalue weighted by Crippen LogP contribution is -2.51. The first-order valence-electron chi connectivity index (χ1n) is 7.50. The third-order valence-corrected chi connectivity index (χ3v) is 4.71. The Bertz CT molecular complexity index is 294. The quantitative estimate of drug-likeness (QED) is 0.692. The average Bonchev–Trinajstić information content (AvgIpc) is 2.35. The van der Waals surface area contributed by atoms with Gasteiger partial charge in [-0.15, -0.1) is 0 Å². The number of nitrogens with one attached hydrogen (secondary N) is 1. The van der Waals surface area contributed by atoms with Crippen molar-refractivity contribution in [2.24, 2.45) is 11.1 Å². The molecule has 0 aliphatic carbocycles. The lowest BCUT2D eigenvalue weighted by atomic mass is 9.82. The van der Waals surface area contributed by atoms with Crippen molar-refractivity contribution in [3.63, 3.8) is 0 Å². The minimum absolute atomic E-state index is 0.255. The van der Waals surface area contributed by atoms with Crippen molar-refractivity contribution in [3.8, 4) is 0 Å². The molecule has 0 aromatic rings. The zero-order valence-corrected chi connectivity index (χ0v) is 13.1. The number of nitrogens with two attached hydrogens (primary N) is 1. The van der Waals surface area contributed by atoms with Gasteiger partial charge in [-0.2, -0.15) is 0 Å². The number of likely N-dealkylation sites (N-methyl/N-ethyl adjacent to an activating group) is 1. The SMILES string of the molecule is CNC(C)(CCCCN1CCC(C)(C)CC1)C(N)=O. The van der Waals surface area contributed by atoms with Gasteiger partial charge in [-0.25, -0.2) is 0 Å². The van der Waals surface area contributed by atoms with Crippen LogP contribution >= 0.6 is 0 Å². The summed E-state index contributed by atoms with van der Waals surface area (Å²) < 4.78 is 0. The second kappa shape index (κ2) is 6.71. The molecule has 1 saturated heterocycles. The van der Waals surface area contributed by atoms with E-state index >= 15 is 0 Å². The van der Waals surface area contributed by atoms with Gasteiger partial charge in [0.05, 0.1) is 5.54 Å². The molecular weight excluding hydrogens is 238 g/mol. The van der Waals surface area contributed by atoms with Crippen LogP contribution < -0.4 is 11.1 Å². The predicted octanol–water partition coefficient (Wildman–Crippen LogP) is 1.74. The van der Waals surface area contributed by atoms with E-state index in [2.05, 4.69) is 24.1 Å². The van der Waals surface area contributed by atoms with Crippen molar-refractivity contribution in [1.29, 1.82) is 0 Å². The molecule has 1 aliphatic rings. The molecule has 4 nitrogen and oxygen atoms in total. The van der Waals surface area contributed by atoms with Crippen LogP contribution in [0.1, 0.15) is 52.9 Å². The summed E-state index contributed by atoms with van der Waals surface area (Å²) in [5.41, 5.74) is 5.39. The molecule has 0 aromatic carbocycles. The van der Waals surface area contributed by atoms with Gasteiger partial charge in [-0.3, -0.25) is 4.79 Å². The first-order valence-corrected chi connectivity index (χ1v) is 7.50. The summed E-state index contributed by atoms with van der Waals surface area (Å²) in [6, 6.07) is 0. The highest BCUT2D eigenvalue weighted by Crippen LogP contribution is 2.29. The van der Waals surface area contributed by atoms with Gasteiger partial charge in [0.2, 0.25) is 5.91 Å². The highest BCUT2D eigenvalue weighted by atomic mass is 16.1. The van der Waals surface area contributed by atoms with Crippen molar-refractivity contribution < 1.29 is 4.79 Å². The maximum absolute atomic E-state index is 11.4. The number of carbonyl (C=O) groups is 1. The topological polar surface area (TPSA) is 58.4 Å². The van der Waals surface area contributed by atoms with Crippen LogP contribution in [-0.2, 0) is 4.79 Å². The Balaban J connectivity index is 2.20. The Labute approximate surface area is 118 Å². The molecule has 0 radical (unpaired) electrons. The number of piperidine rings is 1. The van der Waals surface area contributed by atoms with Crippen molar-refractivity contribution in [1.82, 2.24) is 10.2 Å². The van der Waals surface area contributed by atoms with Crippen LogP contribution in [-0.4, -0.2) is 43.0 Å². The number of primary amides is 1. The smallest absolute Gasteiger partial charge is 0.237 e. The summed E-state index contributed by atoms with van der Waals surface area (Å²) in [6.45, 7) is 10.2. The lowest BCUT2D eigenvalue weighted by molar-refractivity contribution is -0.123. The maximum atomic E-state index is 11.4. The normalized spacial score (nSPS) is 22.9. The molecule has 0 aromatic heterocycles. The van der Waals surface area contributed by atoms with E-state index < -0.39 is 5.54 Å². The van der Waals surface area contributed by atoms with E-state index in [1.165, 1.54) is 25.9 Å². The molecule has 1 rings (SSSR count). The highest BCUT2D eigenvalue weighted by molar-refractivity contribution is 5.84. The Morgan fingerprint density at radius 1 is 1.32 bits per heavy atom. The summed E-state index contributed by atoms with van der Waals surface area (Å²) in [5.74, 6) is -0.255. The fourth-order valence-electron chi connectivity index (χ4n) is 2.57. The molecule has 4 heteroatoms. The number of hydrogen-bond donors (Lipinski definition) is 2. The van der Waals surface area contributed by atoms with Gasteiger partial charge in [-0.1, -0.05) is 13.8 Å². The van der Waals surface area contributed by atoms with E-state index in [9.17, 15) is 4.79 Å². The number of likely N-dealkylation sites (tertiary alicyclic amines) is 1. The van der Waals surface area contributed by atoms with Gasteiger partial charge in [-0.05, 0) is 71.1 Å². The zero-order chi connectivity index (χ0) is 14.5. The Morgan fingerprint density at radius 2 is 1.89 bits per heavy atom. The Kier molecular flexibility index (Phi) is 5.81. The third kappa shape index (κ3) is 5.11. The summed E-state index contributed by atoms with van der Waals surface area (Å²) in [4.78, 5) is 13.9. The summed E-state index contributed by atoms with van der Waals surface area (Å²) >= 11 is 0. The number of unbranched alkanes of at least 4 members (excludes halogenated alkanes) is 1. The first-order chi connectivity index (χ1) is 8.79. The van der Waals surface area contributed by atoms with E-state index in [1.807, 2.05) is 6.92 Å². The van der Waals surface area contributed by atoms with E-state index in [0.29, 0.717) is 5.41 Å². The molecule has 0 spiro atoms. The number of hydrogen-bond acceptors (Lipinski definition) is 3. The number of rotatable bonds is 7. The van der Waals surface area contributed by atoms with Crippen LogP contribution in [0.3, 0.4) is 0 Å². The number of amides is 1. The molecule has 1 atom stereocenters. The van der Waals surface area contributed by atoms with E-state index in [4.69, 9.17) is 5.73 Å². The fraction of sp³-hybridized carbons (Fsp3) is 0.933. The Hall–Kier alpha value is -0.610. The Morgan fingerprint density at radius 3 is 2.37 bits per heavy atom. The van der Waals surface area contributed by atoms with Crippen LogP contribution in [0.25, 0.3) is 0 Å². The third-order valence-electron chi connectivity index (χ3n) is 4.71. The van der Waals surface area contributed by atoms with E-state index in [0.717, 1.165) is 25.8 Å². The van der Waals surface area contributed by atoms with Crippen LogP contribution in [0.4, 0.5) is 0 Å². The largest absolute Gasteiger partial charge is 0.368 e. The van der Waals surface area contributed by atoms with Crippen LogP contribution in [0, 0.1) is 5.41 Å². The molecule has 1 amide bonds. The van der Waals surface area contributed by atoms with Crippen LogP contribution in [0.5, 0.6) is 0 Å². The van der Waals surface area contributed by atoms with Gasteiger partial charge in [0.15, 0.2) is 0 Å². The second-order valence-electron chi connectivity index (χ2n) is 6.91. The maximum Gasteiger partial charge on any atom is 0.237 e. The molecule has 0 saturated carbocycles. The molecule has 112 valence electrons. The van der Waals surface area contributed by atoms with Crippen LogP contribution in [0.15, 0.2) is 0 Å². The highest BCUT2D eigenvalue weighted by Gasteiger charge is 2.28. The number of nitrogens with zero attached hydrogens (tertiary/aromatic N) is 1. The number of carbonyl (C=O) groups excluding carboxylic acids is 1. The summed E-state index contributed by atoms with van der Waals surface area (Å²) in [5, 5.41) is 3.04. The molecule has 0 bridgehead atoms. The van der Waals surface area contributed by atoms with E-state index in [1.54, 1.807) is 7.05 Å². The molecule has 1 unspecified atom stereocenters. The fourth-order valence-corrected chi connectivity index (χ4v) is 2.57. The van der Waals surface area contributed by atoms with Crippen molar-refractivity contribution in [2.75, 3.05) is 26.7 Å². The van der Waals surface area contributed by atoms with Gasteiger partial charge >= 0.3 is 0 Å². The standard InChI is InChI=1S/C15H31N3O/c1-14(2)8-11-18(12-9-14)10-6-5-7-15(3,17-4)13(16)19/h17H,5-12H2,1-4H3,(H2,16,19). The van der Waals surface area contributed by atoms with Crippen LogP contribution in [0.2, 0.25) is 0 Å². The first kappa shape index (κ1) is 16.4. The average molecular weight is 269 g/mol. The summed E-state index contributed by atoms with van der Waals surface area (Å²) in [7, 11) is 1.80. The molecule has 1 aliphatic heterocycles. The monoisotopic (exact) mass is 269 g/mol. The minimum Gasteiger partial charge on any atom is -0.368 e. The minimum atomic E-state index is -0.552. The molecule has 19 heavy (non-hydrogen) atoms. The van der Waals surface area contributed by atoms with Crippen molar-refractivity contribution in [2.45, 2.75) is 58.4 Å². The molecular formula is C15H31N3O. The summed E-state index contributed by atoms with van der Waals surface area (Å²) in [6.07, 6.45) is 5.59. The van der Waals surface area contributed by atoms with Gasteiger partial charge in [0, 0.05) is 0 Å². The molecule has 3 N–H and O–H groups in total. The van der Waals surface area contributed by atoms with Gasteiger partial charge < -0.3 is 16.0 Å². The zero-order valence-electron chi connectivity index (χ0n) is 13.1. The molecule has 1 fully saturated rings. The van der Waals surface area contributed by atoms with Gasteiger partial charge in [0.1, 0.15) is 0 Å². The molecule has 1 heterocycles.